The Morgan fingerprint density at radius 2 is 2.00 bits per heavy atom. The van der Waals surface area contributed by atoms with Crippen molar-refractivity contribution in [3.8, 4) is 0 Å². The monoisotopic (exact) mass is 327 g/mol. The molecule has 1 rings (SSSR count). The standard InChI is InChI=1S/C14H22BrN3O/c1-10(11-4-6-12(15)7-5-11)17-9-8-14(2,3)13(16)18-19/h4-7,10,17,19H,8-9H2,1-3H3,(H2,16,18)/t10-/m0/s1. The van der Waals surface area contributed by atoms with E-state index in [1.165, 1.54) is 5.56 Å². The SMILES string of the molecule is C[C@H](NCCC(C)(C)/C(N)=N/O)c1ccc(Br)cc1. The summed E-state index contributed by atoms with van der Waals surface area (Å²) in [4.78, 5) is 0. The van der Waals surface area contributed by atoms with Crippen molar-refractivity contribution in [2.75, 3.05) is 6.54 Å². The molecule has 1 atom stereocenters. The van der Waals surface area contributed by atoms with Crippen molar-refractivity contribution in [3.05, 3.63) is 34.3 Å². The first-order valence-electron chi connectivity index (χ1n) is 6.33. The van der Waals surface area contributed by atoms with E-state index in [2.05, 4.69) is 45.5 Å². The first-order valence-corrected chi connectivity index (χ1v) is 7.13. The van der Waals surface area contributed by atoms with Crippen LogP contribution in [0.1, 0.15) is 38.8 Å². The Labute approximate surface area is 123 Å². The maximum Gasteiger partial charge on any atom is 0.144 e. The summed E-state index contributed by atoms with van der Waals surface area (Å²) in [7, 11) is 0. The predicted molar refractivity (Wildman–Crippen MR) is 82.4 cm³/mol. The van der Waals surface area contributed by atoms with Gasteiger partial charge in [0.1, 0.15) is 5.84 Å². The van der Waals surface area contributed by atoms with Gasteiger partial charge in [0.25, 0.3) is 0 Å². The number of benzene rings is 1. The molecule has 0 unspecified atom stereocenters. The zero-order chi connectivity index (χ0) is 14.5. The smallest absolute Gasteiger partial charge is 0.144 e. The summed E-state index contributed by atoms with van der Waals surface area (Å²) < 4.78 is 1.08. The molecule has 0 amide bonds. The Hall–Kier alpha value is -1.07. The van der Waals surface area contributed by atoms with Crippen LogP contribution in [0, 0.1) is 5.41 Å². The number of nitrogens with zero attached hydrogens (tertiary/aromatic N) is 1. The van der Waals surface area contributed by atoms with E-state index in [0.29, 0.717) is 0 Å². The van der Waals surface area contributed by atoms with Gasteiger partial charge in [-0.3, -0.25) is 0 Å². The summed E-state index contributed by atoms with van der Waals surface area (Å²) in [6, 6.07) is 8.53. The summed E-state index contributed by atoms with van der Waals surface area (Å²) in [6.07, 6.45) is 0.809. The molecule has 19 heavy (non-hydrogen) atoms. The van der Waals surface area contributed by atoms with Gasteiger partial charge in [-0.25, -0.2) is 0 Å². The molecule has 0 spiro atoms. The zero-order valence-electron chi connectivity index (χ0n) is 11.7. The third-order valence-electron chi connectivity index (χ3n) is 3.37. The number of hydrogen-bond acceptors (Lipinski definition) is 3. The van der Waals surface area contributed by atoms with Crippen LogP contribution in [-0.4, -0.2) is 17.6 Å². The first kappa shape index (κ1) is 16.0. The number of oxime groups is 1. The molecule has 0 aliphatic carbocycles. The van der Waals surface area contributed by atoms with Crippen molar-refractivity contribution >= 4 is 21.8 Å². The van der Waals surface area contributed by atoms with Gasteiger partial charge in [0, 0.05) is 15.9 Å². The third kappa shape index (κ3) is 4.84. The molecule has 0 saturated carbocycles. The highest BCUT2D eigenvalue weighted by Gasteiger charge is 2.23. The van der Waals surface area contributed by atoms with Crippen LogP contribution in [0.3, 0.4) is 0 Å². The summed E-state index contributed by atoms with van der Waals surface area (Å²) >= 11 is 3.43. The normalized spacial score (nSPS) is 14.4. The van der Waals surface area contributed by atoms with Crippen LogP contribution >= 0.6 is 15.9 Å². The second-order valence-corrected chi connectivity index (χ2v) is 6.26. The van der Waals surface area contributed by atoms with Gasteiger partial charge in [-0.15, -0.1) is 0 Å². The molecule has 5 heteroatoms. The van der Waals surface area contributed by atoms with Crippen LogP contribution in [0.15, 0.2) is 33.9 Å². The molecule has 0 aromatic heterocycles. The number of halogens is 1. The lowest BCUT2D eigenvalue weighted by Gasteiger charge is -2.24. The lowest BCUT2D eigenvalue weighted by Crippen LogP contribution is -2.35. The molecule has 0 heterocycles. The highest BCUT2D eigenvalue weighted by molar-refractivity contribution is 9.10. The molecule has 0 saturated heterocycles. The van der Waals surface area contributed by atoms with Crippen LogP contribution < -0.4 is 11.1 Å². The van der Waals surface area contributed by atoms with Crippen molar-refractivity contribution < 1.29 is 5.21 Å². The van der Waals surface area contributed by atoms with Gasteiger partial charge in [-0.1, -0.05) is 47.1 Å². The fraction of sp³-hybridized carbons (Fsp3) is 0.500. The number of nitrogens with one attached hydrogen (secondary N) is 1. The first-order chi connectivity index (χ1) is 8.86. The highest BCUT2D eigenvalue weighted by atomic mass is 79.9. The van der Waals surface area contributed by atoms with Crippen molar-refractivity contribution in [1.29, 1.82) is 0 Å². The maximum absolute atomic E-state index is 8.72. The average molecular weight is 328 g/mol. The summed E-state index contributed by atoms with van der Waals surface area (Å²) in [6.45, 7) is 6.86. The minimum absolute atomic E-state index is 0.269. The third-order valence-corrected chi connectivity index (χ3v) is 3.90. The Morgan fingerprint density at radius 3 is 2.53 bits per heavy atom. The Kier molecular flexibility index (Phi) is 5.82. The molecule has 0 bridgehead atoms. The number of amidine groups is 1. The van der Waals surface area contributed by atoms with Gasteiger partial charge < -0.3 is 16.3 Å². The van der Waals surface area contributed by atoms with Gasteiger partial charge in [-0.05, 0) is 37.6 Å². The Balaban J connectivity index is 2.47. The van der Waals surface area contributed by atoms with Gasteiger partial charge in [0.2, 0.25) is 0 Å². The lowest BCUT2D eigenvalue weighted by atomic mass is 9.88. The Morgan fingerprint density at radius 1 is 1.42 bits per heavy atom. The van der Waals surface area contributed by atoms with Crippen molar-refractivity contribution in [3.63, 3.8) is 0 Å². The molecular formula is C14H22BrN3O. The fourth-order valence-electron chi connectivity index (χ4n) is 1.73. The quantitative estimate of drug-likeness (QED) is 0.325. The number of rotatable bonds is 6. The van der Waals surface area contributed by atoms with Crippen molar-refractivity contribution in [2.24, 2.45) is 16.3 Å². The van der Waals surface area contributed by atoms with Crippen LogP contribution in [0.25, 0.3) is 0 Å². The second kappa shape index (κ2) is 6.91. The lowest BCUT2D eigenvalue weighted by molar-refractivity contribution is 0.304. The van der Waals surface area contributed by atoms with Crippen LogP contribution in [0.5, 0.6) is 0 Å². The molecule has 4 nitrogen and oxygen atoms in total. The van der Waals surface area contributed by atoms with Crippen LogP contribution in [-0.2, 0) is 0 Å². The van der Waals surface area contributed by atoms with E-state index < -0.39 is 0 Å². The van der Waals surface area contributed by atoms with Gasteiger partial charge in [0.05, 0.1) is 0 Å². The molecule has 1 aromatic carbocycles. The van der Waals surface area contributed by atoms with E-state index in [9.17, 15) is 0 Å². The molecule has 1 aromatic rings. The molecule has 0 radical (unpaired) electrons. The summed E-state index contributed by atoms with van der Waals surface area (Å²) in [5.74, 6) is 0.269. The Bertz CT molecular complexity index is 429. The zero-order valence-corrected chi connectivity index (χ0v) is 13.2. The maximum atomic E-state index is 8.72. The summed E-state index contributed by atoms with van der Waals surface area (Å²) in [5, 5.41) is 15.3. The van der Waals surface area contributed by atoms with Crippen LogP contribution in [0.4, 0.5) is 0 Å². The van der Waals surface area contributed by atoms with E-state index >= 15 is 0 Å². The second-order valence-electron chi connectivity index (χ2n) is 5.35. The van der Waals surface area contributed by atoms with Crippen molar-refractivity contribution in [2.45, 2.75) is 33.2 Å². The molecule has 4 N–H and O–H groups in total. The van der Waals surface area contributed by atoms with E-state index in [1.54, 1.807) is 0 Å². The minimum atomic E-state index is -0.304. The van der Waals surface area contributed by atoms with Gasteiger partial charge in [0.15, 0.2) is 0 Å². The highest BCUT2D eigenvalue weighted by Crippen LogP contribution is 2.21. The molecule has 0 aliphatic rings. The molecule has 0 aliphatic heterocycles. The van der Waals surface area contributed by atoms with Gasteiger partial charge >= 0.3 is 0 Å². The topological polar surface area (TPSA) is 70.6 Å². The molecule has 0 fully saturated rings. The van der Waals surface area contributed by atoms with Gasteiger partial charge in [-0.2, -0.15) is 0 Å². The number of hydrogen-bond donors (Lipinski definition) is 3. The molecule has 106 valence electrons. The van der Waals surface area contributed by atoms with E-state index in [0.717, 1.165) is 17.4 Å². The van der Waals surface area contributed by atoms with E-state index in [1.807, 2.05) is 26.0 Å². The van der Waals surface area contributed by atoms with E-state index in [4.69, 9.17) is 10.9 Å². The predicted octanol–water partition coefficient (Wildman–Crippen LogP) is 3.26. The molecular weight excluding hydrogens is 306 g/mol. The summed E-state index contributed by atoms with van der Waals surface area (Å²) in [5.41, 5.74) is 6.60. The number of nitrogens with two attached hydrogens (primary N) is 1. The average Bonchev–Trinajstić information content (AvgIpc) is 2.38. The largest absolute Gasteiger partial charge is 0.409 e. The van der Waals surface area contributed by atoms with Crippen molar-refractivity contribution in [1.82, 2.24) is 5.32 Å². The van der Waals surface area contributed by atoms with E-state index in [-0.39, 0.29) is 17.3 Å². The minimum Gasteiger partial charge on any atom is -0.409 e. The fourth-order valence-corrected chi connectivity index (χ4v) is 2.00. The van der Waals surface area contributed by atoms with Crippen LogP contribution in [0.2, 0.25) is 0 Å².